The van der Waals surface area contributed by atoms with Crippen LogP contribution < -0.4 is 5.32 Å². The number of nitrogens with one attached hydrogen (secondary N) is 1. The van der Waals surface area contributed by atoms with Gasteiger partial charge in [-0.05, 0) is 90.8 Å². The van der Waals surface area contributed by atoms with Gasteiger partial charge in [0.15, 0.2) is 0 Å². The number of alkyl halides is 2. The molecule has 0 aromatic heterocycles. The normalized spacial score (nSPS) is 28.3. The number of piperidine rings is 3. The number of nitrogens with zero attached hydrogens (tertiary/aromatic N) is 2. The summed E-state index contributed by atoms with van der Waals surface area (Å²) in [6.45, 7) is 9.30. The summed E-state index contributed by atoms with van der Waals surface area (Å²) < 4.78 is 33.8. The van der Waals surface area contributed by atoms with Gasteiger partial charge in [0.05, 0.1) is 12.6 Å². The molecule has 3 heterocycles. The van der Waals surface area contributed by atoms with Gasteiger partial charge < -0.3 is 15.0 Å². The standard InChI is InChI=1S/C21H37F2N3O2/c1-20(2,3)28-19(27)26-12-7-17(8-13-26)14-16-5-10-25(11-6-16)18-4-9-24-15-21(18,22)23/h16-18,24H,4-15H2,1-3H3/t18-/m1/s1. The summed E-state index contributed by atoms with van der Waals surface area (Å²) in [5.41, 5.74) is -0.451. The lowest BCUT2D eigenvalue weighted by atomic mass is 9.82. The van der Waals surface area contributed by atoms with Gasteiger partial charge in [-0.25, -0.2) is 13.6 Å². The fourth-order valence-corrected chi connectivity index (χ4v) is 4.92. The van der Waals surface area contributed by atoms with Crippen LogP contribution in [0, 0.1) is 11.8 Å². The summed E-state index contributed by atoms with van der Waals surface area (Å²) in [6.07, 6.45) is 5.58. The molecule has 0 aromatic carbocycles. The van der Waals surface area contributed by atoms with Crippen molar-refractivity contribution in [3.63, 3.8) is 0 Å². The third-order valence-corrected chi connectivity index (χ3v) is 6.47. The van der Waals surface area contributed by atoms with Gasteiger partial charge in [-0.3, -0.25) is 4.90 Å². The smallest absolute Gasteiger partial charge is 0.410 e. The summed E-state index contributed by atoms with van der Waals surface area (Å²) in [5, 5.41) is 2.82. The first-order valence-corrected chi connectivity index (χ1v) is 10.9. The Labute approximate surface area is 168 Å². The summed E-state index contributed by atoms with van der Waals surface area (Å²) >= 11 is 0. The maximum absolute atomic E-state index is 14.2. The molecule has 0 unspecified atom stereocenters. The SMILES string of the molecule is CC(C)(C)OC(=O)N1CCC(CC2CCN([C@@H]3CCNCC3(F)F)CC2)CC1. The number of rotatable bonds is 3. The van der Waals surface area contributed by atoms with Crippen LogP contribution in [-0.4, -0.2) is 72.7 Å². The lowest BCUT2D eigenvalue weighted by Crippen LogP contribution is -2.58. The molecule has 7 heteroatoms. The molecule has 3 fully saturated rings. The number of hydrogen-bond donors (Lipinski definition) is 1. The lowest BCUT2D eigenvalue weighted by Gasteiger charge is -2.43. The first-order valence-electron chi connectivity index (χ1n) is 10.9. The van der Waals surface area contributed by atoms with Gasteiger partial charge in [-0.2, -0.15) is 0 Å². The van der Waals surface area contributed by atoms with Crippen molar-refractivity contribution in [3.8, 4) is 0 Å². The zero-order valence-corrected chi connectivity index (χ0v) is 17.7. The summed E-state index contributed by atoms with van der Waals surface area (Å²) in [6, 6.07) is -0.591. The Hall–Kier alpha value is -0.950. The van der Waals surface area contributed by atoms with E-state index in [4.69, 9.17) is 4.74 Å². The second-order valence-electron chi connectivity index (χ2n) is 9.87. The van der Waals surface area contributed by atoms with Crippen molar-refractivity contribution in [1.82, 2.24) is 15.1 Å². The van der Waals surface area contributed by atoms with E-state index in [-0.39, 0.29) is 12.6 Å². The van der Waals surface area contributed by atoms with Gasteiger partial charge in [-0.1, -0.05) is 0 Å². The van der Waals surface area contributed by atoms with Crippen LogP contribution in [0.2, 0.25) is 0 Å². The molecule has 3 rings (SSSR count). The molecule has 1 N–H and O–H groups in total. The third-order valence-electron chi connectivity index (χ3n) is 6.47. The van der Waals surface area contributed by atoms with E-state index in [0.717, 1.165) is 51.9 Å². The van der Waals surface area contributed by atoms with Crippen molar-refractivity contribution in [1.29, 1.82) is 0 Å². The quantitative estimate of drug-likeness (QED) is 0.783. The minimum absolute atomic E-state index is 0.187. The topological polar surface area (TPSA) is 44.8 Å². The van der Waals surface area contributed by atoms with Crippen molar-refractivity contribution in [2.45, 2.75) is 76.9 Å². The van der Waals surface area contributed by atoms with E-state index < -0.39 is 17.6 Å². The highest BCUT2D eigenvalue weighted by molar-refractivity contribution is 5.68. The molecule has 1 atom stereocenters. The molecule has 3 aliphatic rings. The molecule has 3 saturated heterocycles. The average Bonchev–Trinajstić information content (AvgIpc) is 2.61. The predicted octanol–water partition coefficient (Wildman–Crippen LogP) is 3.73. The van der Waals surface area contributed by atoms with Gasteiger partial charge in [0, 0.05) is 13.1 Å². The second-order valence-corrected chi connectivity index (χ2v) is 9.87. The summed E-state index contributed by atoms with van der Waals surface area (Å²) in [7, 11) is 0. The van der Waals surface area contributed by atoms with Crippen LogP contribution in [-0.2, 0) is 4.74 Å². The number of amides is 1. The van der Waals surface area contributed by atoms with E-state index in [1.807, 2.05) is 30.6 Å². The van der Waals surface area contributed by atoms with E-state index in [0.29, 0.717) is 24.8 Å². The highest BCUT2D eigenvalue weighted by Crippen LogP contribution is 2.34. The minimum atomic E-state index is -2.61. The number of ether oxygens (including phenoxy) is 1. The molecule has 28 heavy (non-hydrogen) atoms. The highest BCUT2D eigenvalue weighted by Gasteiger charge is 2.45. The Balaban J connectivity index is 1.38. The zero-order valence-electron chi connectivity index (χ0n) is 17.7. The Bertz CT molecular complexity index is 522. The number of carbonyl (C=O) groups excluding carboxylic acids is 1. The molecule has 162 valence electrons. The molecule has 0 saturated carbocycles. The Kier molecular flexibility index (Phi) is 6.85. The summed E-state index contributed by atoms with van der Waals surface area (Å²) in [4.78, 5) is 16.0. The van der Waals surface area contributed by atoms with E-state index in [9.17, 15) is 13.6 Å². The highest BCUT2D eigenvalue weighted by atomic mass is 19.3. The molecule has 0 spiro atoms. The average molecular weight is 402 g/mol. The molecule has 5 nitrogen and oxygen atoms in total. The fraction of sp³-hybridized carbons (Fsp3) is 0.952. The van der Waals surface area contributed by atoms with Crippen molar-refractivity contribution < 1.29 is 18.3 Å². The van der Waals surface area contributed by atoms with Crippen LogP contribution in [0.25, 0.3) is 0 Å². The van der Waals surface area contributed by atoms with E-state index in [1.54, 1.807) is 0 Å². The molecule has 0 aromatic rings. The van der Waals surface area contributed by atoms with Crippen LogP contribution in [0.15, 0.2) is 0 Å². The van der Waals surface area contributed by atoms with Crippen LogP contribution in [0.4, 0.5) is 13.6 Å². The van der Waals surface area contributed by atoms with Crippen LogP contribution in [0.5, 0.6) is 0 Å². The maximum Gasteiger partial charge on any atom is 0.410 e. The largest absolute Gasteiger partial charge is 0.444 e. The number of likely N-dealkylation sites (tertiary alicyclic amines) is 2. The van der Waals surface area contributed by atoms with Crippen LogP contribution in [0.1, 0.15) is 59.3 Å². The monoisotopic (exact) mass is 401 g/mol. The van der Waals surface area contributed by atoms with Gasteiger partial charge in [0.1, 0.15) is 5.60 Å². The molecule has 1 amide bonds. The van der Waals surface area contributed by atoms with Crippen LogP contribution in [0.3, 0.4) is 0 Å². The fourth-order valence-electron chi connectivity index (χ4n) is 4.92. The molecular formula is C21H37F2N3O2. The Morgan fingerprint density at radius 1 is 1.04 bits per heavy atom. The van der Waals surface area contributed by atoms with Crippen molar-refractivity contribution in [2.24, 2.45) is 11.8 Å². The molecule has 3 aliphatic heterocycles. The van der Waals surface area contributed by atoms with Crippen molar-refractivity contribution >= 4 is 6.09 Å². The van der Waals surface area contributed by atoms with E-state index >= 15 is 0 Å². The molecule has 0 radical (unpaired) electrons. The lowest BCUT2D eigenvalue weighted by molar-refractivity contribution is -0.102. The van der Waals surface area contributed by atoms with E-state index in [2.05, 4.69) is 5.32 Å². The Morgan fingerprint density at radius 3 is 2.14 bits per heavy atom. The van der Waals surface area contributed by atoms with Gasteiger partial charge in [0.2, 0.25) is 0 Å². The van der Waals surface area contributed by atoms with Gasteiger partial charge >= 0.3 is 6.09 Å². The van der Waals surface area contributed by atoms with Gasteiger partial charge in [0.25, 0.3) is 5.92 Å². The minimum Gasteiger partial charge on any atom is -0.444 e. The summed E-state index contributed by atoms with van der Waals surface area (Å²) in [5.74, 6) is -1.35. The number of carbonyl (C=O) groups is 1. The number of halogens is 2. The van der Waals surface area contributed by atoms with E-state index in [1.165, 1.54) is 6.42 Å². The Morgan fingerprint density at radius 2 is 1.61 bits per heavy atom. The molecule has 0 aliphatic carbocycles. The molecular weight excluding hydrogens is 364 g/mol. The second kappa shape index (κ2) is 8.82. The first kappa shape index (κ1) is 21.8. The zero-order chi connectivity index (χ0) is 20.4. The van der Waals surface area contributed by atoms with Gasteiger partial charge in [-0.15, -0.1) is 0 Å². The molecule has 0 bridgehead atoms. The first-order chi connectivity index (χ1) is 13.1. The van der Waals surface area contributed by atoms with Crippen LogP contribution >= 0.6 is 0 Å². The third kappa shape index (κ3) is 5.78. The predicted molar refractivity (Wildman–Crippen MR) is 106 cm³/mol. The maximum atomic E-state index is 14.2. The van der Waals surface area contributed by atoms with Crippen molar-refractivity contribution in [3.05, 3.63) is 0 Å². The number of hydrogen-bond acceptors (Lipinski definition) is 4. The van der Waals surface area contributed by atoms with Crippen molar-refractivity contribution in [2.75, 3.05) is 39.3 Å².